The SMILES string of the molecule is CC(C)(C)OC(=O)Nc1ccc(C(=O)Nc2ccc3cc(C(=O)N4CC(CCl)c5c4cc(O)c4ccccc54)[nH]c3c2)cc1. The lowest BCUT2D eigenvalue weighted by Gasteiger charge is -2.19. The van der Waals surface area contributed by atoms with E-state index >= 15 is 0 Å². The highest BCUT2D eigenvalue weighted by Gasteiger charge is 2.35. The molecule has 4 aromatic carbocycles. The van der Waals surface area contributed by atoms with Gasteiger partial charge in [-0.15, -0.1) is 11.6 Å². The zero-order valence-electron chi connectivity index (χ0n) is 24.4. The Balaban J connectivity index is 1.19. The molecule has 5 aromatic rings. The van der Waals surface area contributed by atoms with Crippen molar-refractivity contribution in [1.82, 2.24) is 4.98 Å². The summed E-state index contributed by atoms with van der Waals surface area (Å²) in [6.07, 6.45) is -0.578. The number of halogens is 1. The molecule has 224 valence electrons. The van der Waals surface area contributed by atoms with E-state index < -0.39 is 11.7 Å². The monoisotopic (exact) mass is 610 g/mol. The largest absolute Gasteiger partial charge is 0.507 e. The first-order valence-corrected chi connectivity index (χ1v) is 14.7. The minimum absolute atomic E-state index is 0.0746. The second-order valence-electron chi connectivity index (χ2n) is 11.8. The minimum Gasteiger partial charge on any atom is -0.507 e. The van der Waals surface area contributed by atoms with E-state index in [1.165, 1.54) is 0 Å². The molecule has 1 aliphatic heterocycles. The Morgan fingerprint density at radius 2 is 1.66 bits per heavy atom. The van der Waals surface area contributed by atoms with Gasteiger partial charge < -0.3 is 25.0 Å². The molecule has 9 nitrogen and oxygen atoms in total. The molecule has 0 bridgehead atoms. The molecule has 1 aromatic heterocycles. The summed E-state index contributed by atoms with van der Waals surface area (Å²) < 4.78 is 5.25. The zero-order chi connectivity index (χ0) is 31.2. The van der Waals surface area contributed by atoms with Gasteiger partial charge in [-0.05, 0) is 74.2 Å². The van der Waals surface area contributed by atoms with Crippen LogP contribution >= 0.6 is 11.6 Å². The van der Waals surface area contributed by atoms with Crippen LogP contribution in [-0.4, -0.2) is 46.0 Å². The summed E-state index contributed by atoms with van der Waals surface area (Å²) in [6.45, 7) is 5.73. The summed E-state index contributed by atoms with van der Waals surface area (Å²) in [5.41, 5.74) is 3.49. The molecule has 6 rings (SSSR count). The van der Waals surface area contributed by atoms with E-state index in [9.17, 15) is 19.5 Å². The zero-order valence-corrected chi connectivity index (χ0v) is 25.2. The summed E-state index contributed by atoms with van der Waals surface area (Å²) in [5.74, 6) is -0.198. The molecule has 3 amide bonds. The fraction of sp³-hybridized carbons (Fsp3) is 0.206. The summed E-state index contributed by atoms with van der Waals surface area (Å²) in [5, 5.41) is 18.6. The van der Waals surface area contributed by atoms with Crippen LogP contribution in [0, 0.1) is 0 Å². The predicted molar refractivity (Wildman–Crippen MR) is 173 cm³/mol. The van der Waals surface area contributed by atoms with Gasteiger partial charge in [-0.1, -0.05) is 30.3 Å². The van der Waals surface area contributed by atoms with Crippen LogP contribution in [-0.2, 0) is 4.74 Å². The molecular formula is C34H31ClN4O5. The summed E-state index contributed by atoms with van der Waals surface area (Å²) in [6, 6.07) is 22.8. The molecule has 1 atom stereocenters. The number of aromatic hydroxyl groups is 1. The molecule has 0 spiro atoms. The van der Waals surface area contributed by atoms with Crippen molar-refractivity contribution >= 4 is 68.2 Å². The molecule has 0 aliphatic carbocycles. The number of carbonyl (C=O) groups is 3. The van der Waals surface area contributed by atoms with Crippen molar-refractivity contribution in [3.05, 3.63) is 95.7 Å². The van der Waals surface area contributed by atoms with Crippen molar-refractivity contribution in [1.29, 1.82) is 0 Å². The number of fused-ring (bicyclic) bond motifs is 4. The van der Waals surface area contributed by atoms with Crippen LogP contribution in [0.3, 0.4) is 0 Å². The van der Waals surface area contributed by atoms with Gasteiger partial charge in [0, 0.05) is 57.6 Å². The van der Waals surface area contributed by atoms with E-state index in [2.05, 4.69) is 15.6 Å². The number of phenols is 1. The summed E-state index contributed by atoms with van der Waals surface area (Å²) in [4.78, 5) is 43.5. The summed E-state index contributed by atoms with van der Waals surface area (Å²) >= 11 is 6.34. The topological polar surface area (TPSA) is 124 Å². The molecule has 4 N–H and O–H groups in total. The number of alkyl halides is 1. The maximum absolute atomic E-state index is 13.8. The highest BCUT2D eigenvalue weighted by Crippen LogP contribution is 2.45. The third-order valence-corrected chi connectivity index (χ3v) is 7.85. The minimum atomic E-state index is -0.621. The first-order valence-electron chi connectivity index (χ1n) is 14.2. The van der Waals surface area contributed by atoms with Crippen molar-refractivity contribution in [2.45, 2.75) is 32.3 Å². The van der Waals surface area contributed by atoms with Gasteiger partial charge in [-0.3, -0.25) is 14.9 Å². The number of aromatic nitrogens is 1. The number of benzene rings is 4. The fourth-order valence-electron chi connectivity index (χ4n) is 5.54. The Morgan fingerprint density at radius 1 is 0.955 bits per heavy atom. The van der Waals surface area contributed by atoms with Crippen molar-refractivity contribution in [3.63, 3.8) is 0 Å². The van der Waals surface area contributed by atoms with Crippen LogP contribution in [0.25, 0.3) is 21.7 Å². The predicted octanol–water partition coefficient (Wildman–Crippen LogP) is 7.61. The van der Waals surface area contributed by atoms with E-state index in [0.717, 1.165) is 21.7 Å². The average Bonchev–Trinajstić information content (AvgIpc) is 3.57. The number of amides is 3. The first kappa shape index (κ1) is 29.1. The van der Waals surface area contributed by atoms with Crippen molar-refractivity contribution in [2.75, 3.05) is 28.0 Å². The van der Waals surface area contributed by atoms with Gasteiger partial charge in [0.1, 0.15) is 17.0 Å². The number of hydrogen-bond donors (Lipinski definition) is 4. The standard InChI is InChI=1S/C34H31ClN4O5/c1-34(2,3)44-33(43)37-22-11-8-19(9-12-22)31(41)36-23-13-10-20-14-27(38-26(20)15-23)32(42)39-18-21(17-35)30-25-7-5-4-6-24(25)29(40)16-28(30)39/h4-16,21,38,40H,17-18H2,1-3H3,(H,36,41)(H,37,43). The van der Waals surface area contributed by atoms with Crippen molar-refractivity contribution in [2.24, 2.45) is 0 Å². The molecule has 1 aliphatic rings. The second-order valence-corrected chi connectivity index (χ2v) is 12.1. The number of nitrogens with zero attached hydrogens (tertiary/aromatic N) is 1. The van der Waals surface area contributed by atoms with Crippen LogP contribution in [0.15, 0.2) is 78.9 Å². The Morgan fingerprint density at radius 3 is 2.36 bits per heavy atom. The van der Waals surface area contributed by atoms with Gasteiger partial charge in [0.25, 0.3) is 11.8 Å². The van der Waals surface area contributed by atoms with Gasteiger partial charge >= 0.3 is 6.09 Å². The van der Waals surface area contributed by atoms with E-state index in [-0.39, 0.29) is 23.5 Å². The van der Waals surface area contributed by atoms with Crippen LogP contribution < -0.4 is 15.5 Å². The van der Waals surface area contributed by atoms with Crippen LogP contribution in [0.4, 0.5) is 21.9 Å². The normalized spacial score (nSPS) is 14.5. The smallest absolute Gasteiger partial charge is 0.412 e. The molecule has 44 heavy (non-hydrogen) atoms. The molecule has 0 saturated heterocycles. The highest BCUT2D eigenvalue weighted by atomic mass is 35.5. The van der Waals surface area contributed by atoms with Crippen molar-refractivity contribution < 1.29 is 24.2 Å². The lowest BCUT2D eigenvalue weighted by Crippen LogP contribution is -2.30. The molecule has 0 saturated carbocycles. The average molecular weight is 611 g/mol. The van der Waals surface area contributed by atoms with Crippen LogP contribution in [0.1, 0.15) is 53.1 Å². The third kappa shape index (κ3) is 5.66. The third-order valence-electron chi connectivity index (χ3n) is 7.48. The fourth-order valence-corrected chi connectivity index (χ4v) is 5.79. The lowest BCUT2D eigenvalue weighted by atomic mass is 9.95. The van der Waals surface area contributed by atoms with E-state index in [4.69, 9.17) is 16.3 Å². The number of nitrogens with one attached hydrogen (secondary N) is 3. The molecule has 2 heterocycles. The molecule has 1 unspecified atom stereocenters. The number of ether oxygens (including phenoxy) is 1. The first-order chi connectivity index (χ1) is 21.0. The number of hydrogen-bond acceptors (Lipinski definition) is 5. The van der Waals surface area contributed by atoms with E-state index in [0.29, 0.717) is 46.3 Å². The maximum Gasteiger partial charge on any atom is 0.412 e. The molecule has 0 radical (unpaired) electrons. The van der Waals surface area contributed by atoms with Crippen LogP contribution in [0.5, 0.6) is 5.75 Å². The Hall–Kier alpha value is -5.02. The van der Waals surface area contributed by atoms with Gasteiger partial charge in [0.05, 0.1) is 5.69 Å². The van der Waals surface area contributed by atoms with Gasteiger partial charge in [-0.2, -0.15) is 0 Å². The number of rotatable bonds is 5. The Labute approximate surface area is 258 Å². The van der Waals surface area contributed by atoms with E-state index in [1.807, 2.05) is 30.3 Å². The number of H-pyrrole nitrogens is 1. The van der Waals surface area contributed by atoms with Crippen LogP contribution in [0.2, 0.25) is 0 Å². The van der Waals surface area contributed by atoms with E-state index in [1.54, 1.807) is 74.2 Å². The molecule has 0 fully saturated rings. The Bertz CT molecular complexity index is 1930. The quantitative estimate of drug-likeness (QED) is 0.153. The van der Waals surface area contributed by atoms with Crippen molar-refractivity contribution in [3.8, 4) is 5.75 Å². The number of anilines is 3. The van der Waals surface area contributed by atoms with Gasteiger partial charge in [0.2, 0.25) is 0 Å². The summed E-state index contributed by atoms with van der Waals surface area (Å²) in [7, 11) is 0. The second kappa shape index (κ2) is 11.2. The number of aromatic amines is 1. The van der Waals surface area contributed by atoms with Gasteiger partial charge in [0.15, 0.2) is 0 Å². The van der Waals surface area contributed by atoms with Gasteiger partial charge in [-0.25, -0.2) is 4.79 Å². The maximum atomic E-state index is 13.8. The Kier molecular flexibility index (Phi) is 7.43. The number of carbonyl (C=O) groups excluding carboxylic acids is 3. The highest BCUT2D eigenvalue weighted by molar-refractivity contribution is 6.19. The lowest BCUT2D eigenvalue weighted by molar-refractivity contribution is 0.0635. The molecular weight excluding hydrogens is 580 g/mol. The number of phenolic OH excluding ortho intramolecular Hbond substituents is 1. The molecule has 10 heteroatoms.